The quantitative estimate of drug-likeness (QED) is 0.390. The Morgan fingerprint density at radius 1 is 1.44 bits per heavy atom. The summed E-state index contributed by atoms with van der Waals surface area (Å²) < 4.78 is 4.98. The summed E-state index contributed by atoms with van der Waals surface area (Å²) in [7, 11) is 0. The van der Waals surface area contributed by atoms with E-state index >= 15 is 0 Å². The van der Waals surface area contributed by atoms with Gasteiger partial charge in [0.25, 0.3) is 0 Å². The van der Waals surface area contributed by atoms with Crippen molar-refractivity contribution in [1.29, 1.82) is 0 Å². The predicted molar refractivity (Wildman–Crippen MR) is 29.3 cm³/mol. The maximum absolute atomic E-state index is 9.52. The molecule has 5 heteroatoms. The maximum Gasteiger partial charge on any atom is 0.176 e. The minimum Gasteiger partial charge on any atom is -0.379 e. The maximum atomic E-state index is 9.52. The average Bonchev–Trinajstić information content (AvgIpc) is 1.91. The van der Waals surface area contributed by atoms with Gasteiger partial charge in [-0.2, -0.15) is 0 Å². The molecule has 0 unspecified atom stereocenters. The summed E-state index contributed by atoms with van der Waals surface area (Å²) in [5.74, 6) is 0. The van der Waals surface area contributed by atoms with Gasteiger partial charge in [-0.05, 0) is 0 Å². The lowest BCUT2D eigenvalue weighted by atomic mass is 10.5. The van der Waals surface area contributed by atoms with Crippen molar-refractivity contribution in [3.63, 3.8) is 0 Å². The molecule has 0 aromatic rings. The summed E-state index contributed by atoms with van der Waals surface area (Å²) in [4.78, 5) is 13.8. The van der Waals surface area contributed by atoms with Crippen LogP contribution in [-0.4, -0.2) is 31.4 Å². The fourth-order valence-corrected chi connectivity index (χ4v) is 0.675. The molecule has 1 heterocycles. The van der Waals surface area contributed by atoms with Gasteiger partial charge >= 0.3 is 0 Å². The molecule has 1 aliphatic rings. The van der Waals surface area contributed by atoms with Gasteiger partial charge in [-0.15, -0.1) is 9.97 Å². The smallest absolute Gasteiger partial charge is 0.176 e. The summed E-state index contributed by atoms with van der Waals surface area (Å²) in [6.07, 6.45) is 0. The van der Waals surface area contributed by atoms with Crippen molar-refractivity contribution in [2.75, 3.05) is 26.3 Å². The van der Waals surface area contributed by atoms with Gasteiger partial charge in [0.05, 0.1) is 26.3 Å². The van der Waals surface area contributed by atoms with Crippen molar-refractivity contribution < 1.29 is 9.68 Å². The molecule has 1 rings (SSSR count). The zero-order chi connectivity index (χ0) is 6.53. The highest BCUT2D eigenvalue weighted by Crippen LogP contribution is 1.96. The molecule has 5 nitrogen and oxygen atoms in total. The van der Waals surface area contributed by atoms with Crippen LogP contribution in [0, 0.1) is 4.91 Å². The zero-order valence-electron chi connectivity index (χ0n) is 4.95. The van der Waals surface area contributed by atoms with Crippen LogP contribution < -0.4 is 0 Å². The lowest BCUT2D eigenvalue weighted by Crippen LogP contribution is -2.34. The van der Waals surface area contributed by atoms with Gasteiger partial charge in [-0.1, -0.05) is 0 Å². The van der Waals surface area contributed by atoms with E-state index in [1.54, 1.807) is 0 Å². The molecule has 0 bridgehead atoms. The van der Waals surface area contributed by atoms with Crippen LogP contribution in [-0.2, 0) is 9.68 Å². The van der Waals surface area contributed by atoms with Crippen molar-refractivity contribution in [3.8, 4) is 0 Å². The summed E-state index contributed by atoms with van der Waals surface area (Å²) in [6, 6.07) is 0. The van der Waals surface area contributed by atoms with Crippen LogP contribution in [0.25, 0.3) is 0 Å². The standard InChI is InChI=1S/C4H8N2O3/c7-5-9-6-1-3-8-4-2-6/h1-4H2. The Hall–Kier alpha value is -0.680. The number of hydrogen-bond acceptors (Lipinski definition) is 5. The first kappa shape index (κ1) is 6.44. The van der Waals surface area contributed by atoms with Crippen LogP contribution in [0.1, 0.15) is 0 Å². The molecule has 0 atom stereocenters. The van der Waals surface area contributed by atoms with E-state index in [1.165, 1.54) is 5.06 Å². The molecular weight excluding hydrogens is 124 g/mol. The molecule has 0 aromatic heterocycles. The number of morpholine rings is 1. The Balaban J connectivity index is 2.15. The first-order chi connectivity index (χ1) is 4.43. The number of ether oxygens (including phenoxy) is 1. The predicted octanol–water partition coefficient (Wildman–Crippen LogP) is -0.0684. The topological polar surface area (TPSA) is 51.1 Å². The Labute approximate surface area is 52.4 Å². The molecule has 0 radical (unpaired) electrons. The highest BCUT2D eigenvalue weighted by molar-refractivity contribution is 4.50. The largest absolute Gasteiger partial charge is 0.379 e. The van der Waals surface area contributed by atoms with E-state index < -0.39 is 0 Å². The van der Waals surface area contributed by atoms with E-state index in [1.807, 2.05) is 0 Å². The molecule has 9 heavy (non-hydrogen) atoms. The fraction of sp³-hybridized carbons (Fsp3) is 1.00. The first-order valence-corrected chi connectivity index (χ1v) is 2.76. The molecule has 0 aliphatic carbocycles. The van der Waals surface area contributed by atoms with E-state index in [9.17, 15) is 4.91 Å². The Morgan fingerprint density at radius 3 is 2.67 bits per heavy atom. The van der Waals surface area contributed by atoms with Crippen molar-refractivity contribution >= 4 is 0 Å². The zero-order valence-corrected chi connectivity index (χ0v) is 4.95. The lowest BCUT2D eigenvalue weighted by Gasteiger charge is -2.20. The molecular formula is C4H8N2O3. The molecule has 1 fully saturated rings. The van der Waals surface area contributed by atoms with Gasteiger partial charge in [-0.3, -0.25) is 4.94 Å². The summed E-state index contributed by atoms with van der Waals surface area (Å²) in [5.41, 5.74) is 0. The normalized spacial score (nSPS) is 21.3. The van der Waals surface area contributed by atoms with Gasteiger partial charge in [-0.25, -0.2) is 0 Å². The third-order valence-electron chi connectivity index (χ3n) is 1.12. The second kappa shape index (κ2) is 3.37. The van der Waals surface area contributed by atoms with Gasteiger partial charge in [0.15, 0.2) is 5.34 Å². The van der Waals surface area contributed by atoms with E-state index in [4.69, 9.17) is 4.74 Å². The second-order valence-corrected chi connectivity index (χ2v) is 1.70. The first-order valence-electron chi connectivity index (χ1n) is 2.76. The van der Waals surface area contributed by atoms with Crippen LogP contribution in [0.15, 0.2) is 5.34 Å². The van der Waals surface area contributed by atoms with Crippen LogP contribution in [0.5, 0.6) is 0 Å². The SMILES string of the molecule is O=NON1CCOCC1. The van der Waals surface area contributed by atoms with Crippen molar-refractivity contribution in [2.45, 2.75) is 0 Å². The highest BCUT2D eigenvalue weighted by atomic mass is 16.9. The van der Waals surface area contributed by atoms with E-state index in [0.717, 1.165) is 0 Å². The fourth-order valence-electron chi connectivity index (χ4n) is 0.675. The molecule has 0 amide bonds. The van der Waals surface area contributed by atoms with Gasteiger partial charge in [0, 0.05) is 0 Å². The van der Waals surface area contributed by atoms with Crippen LogP contribution in [0.2, 0.25) is 0 Å². The minimum atomic E-state index is 0.607. The molecule has 0 spiro atoms. The van der Waals surface area contributed by atoms with Crippen LogP contribution in [0.3, 0.4) is 0 Å². The third kappa shape index (κ3) is 1.95. The number of nitrogens with zero attached hydrogens (tertiary/aromatic N) is 2. The monoisotopic (exact) mass is 132 g/mol. The molecule has 1 aliphatic heterocycles. The summed E-state index contributed by atoms with van der Waals surface area (Å²) in [5, 5.41) is 3.75. The summed E-state index contributed by atoms with van der Waals surface area (Å²) >= 11 is 0. The molecule has 0 saturated carbocycles. The van der Waals surface area contributed by atoms with Crippen molar-refractivity contribution in [2.24, 2.45) is 5.34 Å². The average molecular weight is 132 g/mol. The Kier molecular flexibility index (Phi) is 2.41. The molecule has 0 aromatic carbocycles. The second-order valence-electron chi connectivity index (χ2n) is 1.70. The Morgan fingerprint density at radius 2 is 2.11 bits per heavy atom. The van der Waals surface area contributed by atoms with Gasteiger partial charge < -0.3 is 4.74 Å². The van der Waals surface area contributed by atoms with Gasteiger partial charge in [0.1, 0.15) is 0 Å². The van der Waals surface area contributed by atoms with Crippen molar-refractivity contribution in [1.82, 2.24) is 5.06 Å². The van der Waals surface area contributed by atoms with Crippen molar-refractivity contribution in [3.05, 3.63) is 4.91 Å². The number of rotatable bonds is 2. The molecule has 1 saturated heterocycles. The van der Waals surface area contributed by atoms with E-state index in [2.05, 4.69) is 10.3 Å². The van der Waals surface area contributed by atoms with E-state index in [-0.39, 0.29) is 0 Å². The molecule has 52 valence electrons. The Bertz CT molecular complexity index is 91.8. The number of hydroxylamine groups is 2. The van der Waals surface area contributed by atoms with E-state index in [0.29, 0.717) is 26.3 Å². The minimum absolute atomic E-state index is 0.607. The third-order valence-corrected chi connectivity index (χ3v) is 1.12. The summed E-state index contributed by atoms with van der Waals surface area (Å²) in [6.45, 7) is 2.45. The van der Waals surface area contributed by atoms with Crippen LogP contribution >= 0.6 is 0 Å². The van der Waals surface area contributed by atoms with Crippen LogP contribution in [0.4, 0.5) is 0 Å². The van der Waals surface area contributed by atoms with Gasteiger partial charge in [0.2, 0.25) is 0 Å². The highest BCUT2D eigenvalue weighted by Gasteiger charge is 2.10. The number of hydrogen-bond donors (Lipinski definition) is 0. The molecule has 0 N–H and O–H groups in total. The lowest BCUT2D eigenvalue weighted by molar-refractivity contribution is -0.195.